The summed E-state index contributed by atoms with van der Waals surface area (Å²) in [6, 6.07) is 0. The minimum atomic E-state index is -3.39. The standard InChI is InChI=1S/C10H20N4O2S2/c1-3-11-5-4-6-14(2)18(15,16)13-8-10-7-12-9-17-10/h7,9,11,13H,3-6,8H2,1-2H3. The van der Waals surface area contributed by atoms with Crippen LogP contribution in [0, 0.1) is 0 Å². The summed E-state index contributed by atoms with van der Waals surface area (Å²) < 4.78 is 27.6. The zero-order valence-corrected chi connectivity index (χ0v) is 12.4. The molecule has 1 aromatic rings. The van der Waals surface area contributed by atoms with Crippen LogP contribution in [-0.2, 0) is 16.8 Å². The predicted molar refractivity (Wildman–Crippen MR) is 73.7 cm³/mol. The summed E-state index contributed by atoms with van der Waals surface area (Å²) in [7, 11) is -1.80. The van der Waals surface area contributed by atoms with Crippen LogP contribution in [0.1, 0.15) is 18.2 Å². The summed E-state index contributed by atoms with van der Waals surface area (Å²) in [5, 5.41) is 3.16. The smallest absolute Gasteiger partial charge is 0.279 e. The topological polar surface area (TPSA) is 74.3 Å². The minimum Gasteiger partial charge on any atom is -0.317 e. The Labute approximate surface area is 113 Å². The zero-order valence-electron chi connectivity index (χ0n) is 10.7. The Kier molecular flexibility index (Phi) is 6.72. The second-order valence-corrected chi connectivity index (χ2v) is 6.66. The molecule has 0 aliphatic carbocycles. The first kappa shape index (κ1) is 15.5. The van der Waals surface area contributed by atoms with Gasteiger partial charge in [0.05, 0.1) is 5.51 Å². The van der Waals surface area contributed by atoms with E-state index < -0.39 is 10.2 Å². The Morgan fingerprint density at radius 3 is 2.89 bits per heavy atom. The van der Waals surface area contributed by atoms with Crippen molar-refractivity contribution in [3.05, 3.63) is 16.6 Å². The minimum absolute atomic E-state index is 0.296. The van der Waals surface area contributed by atoms with Crippen LogP contribution >= 0.6 is 11.3 Å². The lowest BCUT2D eigenvalue weighted by Gasteiger charge is -2.17. The third kappa shape index (κ3) is 5.40. The Hall–Kier alpha value is -0.540. The Morgan fingerprint density at radius 1 is 1.50 bits per heavy atom. The van der Waals surface area contributed by atoms with Gasteiger partial charge in [-0.1, -0.05) is 6.92 Å². The molecule has 0 atom stereocenters. The first-order valence-corrected chi connectivity index (χ1v) is 8.17. The molecule has 0 radical (unpaired) electrons. The monoisotopic (exact) mass is 292 g/mol. The van der Waals surface area contributed by atoms with Crippen LogP contribution in [0.5, 0.6) is 0 Å². The molecule has 0 bridgehead atoms. The van der Waals surface area contributed by atoms with Gasteiger partial charge in [0.25, 0.3) is 10.2 Å². The molecule has 0 aliphatic rings. The Balaban J connectivity index is 2.33. The third-order valence-electron chi connectivity index (χ3n) is 2.40. The molecular formula is C10H20N4O2S2. The van der Waals surface area contributed by atoms with Gasteiger partial charge in [-0.2, -0.15) is 17.4 Å². The summed E-state index contributed by atoms with van der Waals surface area (Å²) in [4.78, 5) is 4.80. The fourth-order valence-corrected chi connectivity index (χ4v) is 2.88. The highest BCUT2D eigenvalue weighted by Crippen LogP contribution is 2.06. The van der Waals surface area contributed by atoms with E-state index in [4.69, 9.17) is 0 Å². The summed E-state index contributed by atoms with van der Waals surface area (Å²) in [5.74, 6) is 0. The molecule has 0 saturated heterocycles. The fraction of sp³-hybridized carbons (Fsp3) is 0.700. The van der Waals surface area contributed by atoms with Crippen molar-refractivity contribution in [2.45, 2.75) is 19.9 Å². The van der Waals surface area contributed by atoms with Gasteiger partial charge in [0, 0.05) is 31.2 Å². The van der Waals surface area contributed by atoms with Crippen molar-refractivity contribution >= 4 is 21.5 Å². The molecule has 104 valence electrons. The second kappa shape index (κ2) is 7.80. The highest BCUT2D eigenvalue weighted by Gasteiger charge is 2.16. The SMILES string of the molecule is CCNCCCN(C)S(=O)(=O)NCc1cncs1. The van der Waals surface area contributed by atoms with Gasteiger partial charge in [-0.15, -0.1) is 11.3 Å². The van der Waals surface area contributed by atoms with E-state index in [1.165, 1.54) is 15.6 Å². The van der Waals surface area contributed by atoms with Crippen molar-refractivity contribution in [3.63, 3.8) is 0 Å². The van der Waals surface area contributed by atoms with Gasteiger partial charge in [-0.25, -0.2) is 0 Å². The summed E-state index contributed by atoms with van der Waals surface area (Å²) in [6.07, 6.45) is 2.46. The highest BCUT2D eigenvalue weighted by molar-refractivity contribution is 7.87. The van der Waals surface area contributed by atoms with Crippen LogP contribution in [0.3, 0.4) is 0 Å². The number of hydrogen-bond acceptors (Lipinski definition) is 5. The number of aromatic nitrogens is 1. The largest absolute Gasteiger partial charge is 0.317 e. The normalized spacial score (nSPS) is 12.2. The average molecular weight is 292 g/mol. The maximum Gasteiger partial charge on any atom is 0.279 e. The van der Waals surface area contributed by atoms with E-state index in [0.717, 1.165) is 24.4 Å². The van der Waals surface area contributed by atoms with E-state index in [1.807, 2.05) is 6.92 Å². The average Bonchev–Trinajstić information content (AvgIpc) is 2.85. The molecule has 0 aliphatic heterocycles. The molecule has 0 aromatic carbocycles. The van der Waals surface area contributed by atoms with Gasteiger partial charge in [0.15, 0.2) is 0 Å². The first-order valence-electron chi connectivity index (χ1n) is 5.85. The first-order chi connectivity index (χ1) is 8.56. The van der Waals surface area contributed by atoms with E-state index in [-0.39, 0.29) is 0 Å². The lowest BCUT2D eigenvalue weighted by molar-refractivity contribution is 0.445. The molecule has 0 amide bonds. The molecule has 1 aromatic heterocycles. The van der Waals surface area contributed by atoms with Crippen molar-refractivity contribution in [2.24, 2.45) is 0 Å². The fourth-order valence-electron chi connectivity index (χ4n) is 1.33. The quantitative estimate of drug-likeness (QED) is 0.647. The van der Waals surface area contributed by atoms with Crippen LogP contribution < -0.4 is 10.0 Å². The molecule has 0 spiro atoms. The maximum absolute atomic E-state index is 11.9. The van der Waals surface area contributed by atoms with E-state index in [2.05, 4.69) is 15.0 Å². The summed E-state index contributed by atoms with van der Waals surface area (Å²) in [5.41, 5.74) is 1.68. The van der Waals surface area contributed by atoms with E-state index in [9.17, 15) is 8.42 Å². The summed E-state index contributed by atoms with van der Waals surface area (Å²) >= 11 is 1.43. The number of hydrogen-bond donors (Lipinski definition) is 2. The maximum atomic E-state index is 11.9. The number of nitrogens with one attached hydrogen (secondary N) is 2. The van der Waals surface area contributed by atoms with Crippen LogP contribution in [-0.4, -0.2) is 44.4 Å². The molecule has 8 heteroatoms. The van der Waals surface area contributed by atoms with E-state index in [1.54, 1.807) is 18.8 Å². The molecule has 2 N–H and O–H groups in total. The molecule has 0 fully saturated rings. The van der Waals surface area contributed by atoms with Crippen LogP contribution in [0.25, 0.3) is 0 Å². The molecule has 0 saturated carbocycles. The van der Waals surface area contributed by atoms with Gasteiger partial charge in [0.2, 0.25) is 0 Å². The molecule has 1 heterocycles. The lowest BCUT2D eigenvalue weighted by Crippen LogP contribution is -2.38. The van der Waals surface area contributed by atoms with Crippen LogP contribution in [0.15, 0.2) is 11.7 Å². The zero-order chi connectivity index (χ0) is 13.4. The third-order valence-corrected chi connectivity index (χ3v) is 4.69. The molecule has 1 rings (SSSR count). The van der Waals surface area contributed by atoms with Gasteiger partial charge >= 0.3 is 0 Å². The number of rotatable bonds is 9. The number of thiazole rings is 1. The summed E-state index contributed by atoms with van der Waals surface area (Å²) in [6.45, 7) is 4.55. The van der Waals surface area contributed by atoms with E-state index in [0.29, 0.717) is 13.1 Å². The predicted octanol–water partition coefficient (Wildman–Crippen LogP) is 0.409. The van der Waals surface area contributed by atoms with Gasteiger partial charge in [-0.05, 0) is 19.5 Å². The Morgan fingerprint density at radius 2 is 2.28 bits per heavy atom. The molecule has 6 nitrogen and oxygen atoms in total. The van der Waals surface area contributed by atoms with Gasteiger partial charge in [-0.3, -0.25) is 4.98 Å². The van der Waals surface area contributed by atoms with Crippen molar-refractivity contribution in [1.82, 2.24) is 19.3 Å². The molecule has 0 unspecified atom stereocenters. The van der Waals surface area contributed by atoms with Gasteiger partial charge < -0.3 is 5.32 Å². The highest BCUT2D eigenvalue weighted by atomic mass is 32.2. The molecule has 18 heavy (non-hydrogen) atoms. The van der Waals surface area contributed by atoms with Crippen molar-refractivity contribution in [3.8, 4) is 0 Å². The molecular weight excluding hydrogens is 272 g/mol. The van der Waals surface area contributed by atoms with Crippen molar-refractivity contribution < 1.29 is 8.42 Å². The number of nitrogens with zero attached hydrogens (tertiary/aromatic N) is 2. The van der Waals surface area contributed by atoms with E-state index >= 15 is 0 Å². The van der Waals surface area contributed by atoms with Crippen LogP contribution in [0.4, 0.5) is 0 Å². The lowest BCUT2D eigenvalue weighted by atomic mass is 10.4. The van der Waals surface area contributed by atoms with Crippen molar-refractivity contribution in [1.29, 1.82) is 0 Å². The second-order valence-electron chi connectivity index (χ2n) is 3.82. The van der Waals surface area contributed by atoms with Gasteiger partial charge in [0.1, 0.15) is 0 Å². The van der Waals surface area contributed by atoms with Crippen LogP contribution in [0.2, 0.25) is 0 Å². The Bertz CT molecular complexity index is 419. The van der Waals surface area contributed by atoms with Crippen molar-refractivity contribution in [2.75, 3.05) is 26.7 Å².